The van der Waals surface area contributed by atoms with E-state index >= 15 is 0 Å². The van der Waals surface area contributed by atoms with Crippen LogP contribution in [0.25, 0.3) is 0 Å². The van der Waals surface area contributed by atoms with Gasteiger partial charge in [0, 0.05) is 6.42 Å². The summed E-state index contributed by atoms with van der Waals surface area (Å²) in [5.74, 6) is -4.02. The van der Waals surface area contributed by atoms with Crippen LogP contribution in [0.3, 0.4) is 0 Å². The standard InChI is InChI=1S/C17H29ClF2O2/c1-6-7-8-9-10-11-12-13(21)15(2,3)17(19,20)16(4,5)14(18)22/h6-12H2,1-5H3. The van der Waals surface area contributed by atoms with E-state index in [4.69, 9.17) is 11.6 Å². The summed E-state index contributed by atoms with van der Waals surface area (Å²) < 4.78 is 29.3. The lowest BCUT2D eigenvalue weighted by Crippen LogP contribution is -2.54. The van der Waals surface area contributed by atoms with Crippen molar-refractivity contribution in [3.8, 4) is 0 Å². The fourth-order valence-electron chi connectivity index (χ4n) is 2.46. The quantitative estimate of drug-likeness (QED) is 0.354. The predicted molar refractivity (Wildman–Crippen MR) is 86.4 cm³/mol. The summed E-state index contributed by atoms with van der Waals surface area (Å²) in [5, 5.41) is -1.13. The SMILES string of the molecule is CCCCCCCCC(=O)C(C)(C)C(F)(F)C(C)(C)C(=O)Cl. The average Bonchev–Trinajstić information content (AvgIpc) is 2.41. The number of rotatable bonds is 11. The second-order valence-corrected chi connectivity index (χ2v) is 7.38. The van der Waals surface area contributed by atoms with Crippen LogP contribution in [0.2, 0.25) is 0 Å². The van der Waals surface area contributed by atoms with Crippen molar-refractivity contribution in [1.29, 1.82) is 0 Å². The van der Waals surface area contributed by atoms with Crippen molar-refractivity contribution < 1.29 is 18.4 Å². The van der Waals surface area contributed by atoms with Gasteiger partial charge in [0.2, 0.25) is 5.24 Å². The van der Waals surface area contributed by atoms with E-state index in [2.05, 4.69) is 6.92 Å². The molecule has 0 saturated carbocycles. The normalized spacial score (nSPS) is 13.3. The summed E-state index contributed by atoms with van der Waals surface area (Å²) in [4.78, 5) is 23.6. The maximum absolute atomic E-state index is 14.6. The molecule has 0 unspecified atom stereocenters. The van der Waals surface area contributed by atoms with Gasteiger partial charge in [0.15, 0.2) is 0 Å². The predicted octanol–water partition coefficient (Wildman–Crippen LogP) is 5.76. The van der Waals surface area contributed by atoms with E-state index in [9.17, 15) is 18.4 Å². The van der Waals surface area contributed by atoms with Crippen LogP contribution in [0.15, 0.2) is 0 Å². The Hall–Kier alpha value is -0.510. The fourth-order valence-corrected chi connectivity index (χ4v) is 2.58. The minimum Gasteiger partial charge on any atom is -0.299 e. The van der Waals surface area contributed by atoms with Gasteiger partial charge < -0.3 is 0 Å². The van der Waals surface area contributed by atoms with Gasteiger partial charge in [-0.1, -0.05) is 39.0 Å². The number of alkyl halides is 2. The van der Waals surface area contributed by atoms with Gasteiger partial charge in [-0.05, 0) is 45.7 Å². The first-order valence-electron chi connectivity index (χ1n) is 8.04. The number of hydrogen-bond donors (Lipinski definition) is 0. The van der Waals surface area contributed by atoms with Crippen LogP contribution in [-0.4, -0.2) is 16.9 Å². The van der Waals surface area contributed by atoms with E-state index in [1.54, 1.807) is 0 Å². The smallest absolute Gasteiger partial charge is 0.272 e. The molecule has 0 fully saturated rings. The molecule has 0 spiro atoms. The molecule has 0 aromatic rings. The molecule has 0 aromatic heterocycles. The van der Waals surface area contributed by atoms with Crippen molar-refractivity contribution in [2.45, 2.75) is 85.5 Å². The number of carbonyl (C=O) groups is 2. The van der Waals surface area contributed by atoms with Crippen molar-refractivity contribution in [2.75, 3.05) is 0 Å². The molecule has 0 radical (unpaired) electrons. The lowest BCUT2D eigenvalue weighted by atomic mass is 9.68. The highest BCUT2D eigenvalue weighted by Gasteiger charge is 2.62. The average molecular weight is 339 g/mol. The fraction of sp³-hybridized carbons (Fsp3) is 0.882. The van der Waals surface area contributed by atoms with Gasteiger partial charge in [0.1, 0.15) is 11.2 Å². The molecule has 0 aliphatic rings. The number of unbranched alkanes of at least 4 members (excludes halogenated alkanes) is 5. The molecule has 0 saturated heterocycles. The molecule has 0 amide bonds. The zero-order chi connectivity index (χ0) is 17.6. The Balaban J connectivity index is 4.71. The summed E-state index contributed by atoms with van der Waals surface area (Å²) >= 11 is 5.31. The maximum Gasteiger partial charge on any atom is 0.272 e. The molecule has 0 aromatic carbocycles. The Morgan fingerprint density at radius 2 is 1.32 bits per heavy atom. The second-order valence-electron chi connectivity index (χ2n) is 7.04. The van der Waals surface area contributed by atoms with E-state index in [0.29, 0.717) is 6.42 Å². The Bertz CT molecular complexity index is 390. The summed E-state index contributed by atoms with van der Waals surface area (Å²) in [6.45, 7) is 6.69. The van der Waals surface area contributed by atoms with Gasteiger partial charge in [0.05, 0.1) is 5.41 Å². The molecule has 5 heteroatoms. The third-order valence-corrected chi connectivity index (χ3v) is 4.99. The van der Waals surface area contributed by atoms with Crippen LogP contribution < -0.4 is 0 Å². The van der Waals surface area contributed by atoms with Gasteiger partial charge in [-0.2, -0.15) is 0 Å². The summed E-state index contributed by atoms with van der Waals surface area (Å²) in [7, 11) is 0. The molecule has 2 nitrogen and oxygen atoms in total. The first-order valence-corrected chi connectivity index (χ1v) is 8.41. The Labute approximate surface area is 138 Å². The van der Waals surface area contributed by atoms with Crippen LogP contribution in [0, 0.1) is 10.8 Å². The monoisotopic (exact) mass is 338 g/mol. The van der Waals surface area contributed by atoms with Crippen molar-refractivity contribution in [3.63, 3.8) is 0 Å². The molecule has 0 aliphatic carbocycles. The van der Waals surface area contributed by atoms with Crippen LogP contribution in [-0.2, 0) is 9.59 Å². The van der Waals surface area contributed by atoms with Crippen molar-refractivity contribution >= 4 is 22.6 Å². The zero-order valence-electron chi connectivity index (χ0n) is 14.4. The molecule has 22 heavy (non-hydrogen) atoms. The number of hydrogen-bond acceptors (Lipinski definition) is 2. The first kappa shape index (κ1) is 21.5. The highest BCUT2D eigenvalue weighted by molar-refractivity contribution is 6.64. The van der Waals surface area contributed by atoms with Crippen LogP contribution in [0.1, 0.15) is 79.6 Å². The largest absolute Gasteiger partial charge is 0.299 e. The molecule has 0 atom stereocenters. The minimum absolute atomic E-state index is 0.112. The van der Waals surface area contributed by atoms with E-state index in [1.807, 2.05) is 0 Å². The van der Waals surface area contributed by atoms with Gasteiger partial charge in [0.25, 0.3) is 5.92 Å². The van der Waals surface area contributed by atoms with Gasteiger partial charge in [-0.15, -0.1) is 0 Å². The molecular weight excluding hydrogens is 310 g/mol. The lowest BCUT2D eigenvalue weighted by molar-refractivity contribution is -0.190. The van der Waals surface area contributed by atoms with Gasteiger partial charge in [-0.25, -0.2) is 8.78 Å². The van der Waals surface area contributed by atoms with Crippen molar-refractivity contribution in [1.82, 2.24) is 0 Å². The highest BCUT2D eigenvalue weighted by atomic mass is 35.5. The number of carbonyl (C=O) groups excluding carboxylic acids is 2. The van der Waals surface area contributed by atoms with E-state index < -0.39 is 27.8 Å². The van der Waals surface area contributed by atoms with E-state index in [1.165, 1.54) is 13.8 Å². The first-order chi connectivity index (χ1) is 9.92. The molecule has 0 N–H and O–H groups in total. The van der Waals surface area contributed by atoms with Crippen LogP contribution in [0.5, 0.6) is 0 Å². The third kappa shape index (κ3) is 4.74. The molecule has 0 heterocycles. The van der Waals surface area contributed by atoms with Crippen LogP contribution in [0.4, 0.5) is 8.78 Å². The molecule has 0 aliphatic heterocycles. The zero-order valence-corrected chi connectivity index (χ0v) is 15.2. The molecule has 0 bridgehead atoms. The number of Topliss-reactive ketones (excluding diaryl/α,β-unsaturated/α-hetero) is 1. The third-order valence-electron chi connectivity index (χ3n) is 4.52. The Morgan fingerprint density at radius 3 is 1.77 bits per heavy atom. The maximum atomic E-state index is 14.6. The van der Waals surface area contributed by atoms with E-state index in [-0.39, 0.29) is 6.42 Å². The number of halogens is 3. The van der Waals surface area contributed by atoms with Crippen molar-refractivity contribution in [2.24, 2.45) is 10.8 Å². The molecule has 0 rings (SSSR count). The van der Waals surface area contributed by atoms with Gasteiger partial charge in [-0.3, -0.25) is 9.59 Å². The van der Waals surface area contributed by atoms with Crippen LogP contribution >= 0.6 is 11.6 Å². The number of ketones is 1. The lowest BCUT2D eigenvalue weighted by Gasteiger charge is -2.41. The Morgan fingerprint density at radius 1 is 0.864 bits per heavy atom. The Kier molecular flexibility index (Phi) is 8.18. The summed E-state index contributed by atoms with van der Waals surface area (Å²) in [6.07, 6.45) is 6.01. The second kappa shape index (κ2) is 8.37. The molecular formula is C17H29ClF2O2. The molecule has 130 valence electrons. The van der Waals surface area contributed by atoms with E-state index in [0.717, 1.165) is 46.0 Å². The minimum atomic E-state index is -3.50. The highest BCUT2D eigenvalue weighted by Crippen LogP contribution is 2.50. The summed E-state index contributed by atoms with van der Waals surface area (Å²) in [6, 6.07) is 0. The topological polar surface area (TPSA) is 34.1 Å². The summed E-state index contributed by atoms with van der Waals surface area (Å²) in [5.41, 5.74) is -3.99. The van der Waals surface area contributed by atoms with Gasteiger partial charge >= 0.3 is 0 Å². The van der Waals surface area contributed by atoms with Crippen molar-refractivity contribution in [3.05, 3.63) is 0 Å².